The van der Waals surface area contributed by atoms with Crippen molar-refractivity contribution in [3.8, 4) is 44.5 Å². The first kappa shape index (κ1) is 36.1. The third-order valence-electron chi connectivity index (χ3n) is 13.4. The lowest BCUT2D eigenvalue weighted by Crippen LogP contribution is -2.17. The maximum Gasteiger partial charge on any atom is 0.0625 e. The molecule has 1 nitrogen and oxygen atoms in total. The number of nitrogens with zero attached hydrogens (tertiary/aromatic N) is 1. The zero-order valence-electron chi connectivity index (χ0n) is 34.8. The van der Waals surface area contributed by atoms with Gasteiger partial charge in [-0.1, -0.05) is 208 Å². The molecule has 1 aliphatic carbocycles. The van der Waals surface area contributed by atoms with E-state index in [0.717, 1.165) is 11.4 Å². The average Bonchev–Trinajstić information content (AvgIpc) is 3.57. The third kappa shape index (κ3) is 5.62. The summed E-state index contributed by atoms with van der Waals surface area (Å²) < 4.78 is 0. The zero-order chi connectivity index (χ0) is 41.4. The Labute approximate surface area is 362 Å². The summed E-state index contributed by atoms with van der Waals surface area (Å²) in [5.74, 6) is 0. The van der Waals surface area contributed by atoms with Gasteiger partial charge in [0.25, 0.3) is 0 Å². The lowest BCUT2D eigenvalue weighted by Gasteiger charge is -2.32. The van der Waals surface area contributed by atoms with Gasteiger partial charge in [-0.25, -0.2) is 0 Å². The van der Waals surface area contributed by atoms with Gasteiger partial charge in [-0.05, 0) is 118 Å². The van der Waals surface area contributed by atoms with E-state index in [-0.39, 0.29) is 5.41 Å². The van der Waals surface area contributed by atoms with Crippen LogP contribution in [0.15, 0.2) is 224 Å². The summed E-state index contributed by atoms with van der Waals surface area (Å²) in [7, 11) is 0. The minimum Gasteiger partial charge on any atom is -0.309 e. The molecule has 0 aliphatic heterocycles. The Balaban J connectivity index is 1.27. The summed E-state index contributed by atoms with van der Waals surface area (Å²) in [6.45, 7) is 4.77. The summed E-state index contributed by atoms with van der Waals surface area (Å²) in [4.78, 5) is 2.60. The van der Waals surface area contributed by atoms with E-state index < -0.39 is 0 Å². The van der Waals surface area contributed by atoms with Crippen LogP contribution in [0.4, 0.5) is 17.1 Å². The van der Waals surface area contributed by atoms with Gasteiger partial charge in [0.15, 0.2) is 0 Å². The molecule has 0 saturated carbocycles. The molecule has 0 unspecified atom stereocenters. The Hall–Kier alpha value is -7.74. The van der Waals surface area contributed by atoms with Gasteiger partial charge in [0.2, 0.25) is 0 Å². The summed E-state index contributed by atoms with van der Waals surface area (Å²) in [5.41, 5.74) is 15.6. The van der Waals surface area contributed by atoms with E-state index in [0.29, 0.717) is 0 Å². The molecule has 0 heterocycles. The number of rotatable bonds is 6. The molecule has 12 rings (SSSR count). The van der Waals surface area contributed by atoms with E-state index in [1.165, 1.54) is 104 Å². The summed E-state index contributed by atoms with van der Waals surface area (Å²) in [5, 5.41) is 9.93. The van der Waals surface area contributed by atoms with Gasteiger partial charge in [0.05, 0.1) is 5.69 Å². The number of benzene rings is 11. The van der Waals surface area contributed by atoms with Crippen molar-refractivity contribution < 1.29 is 0 Å². The van der Waals surface area contributed by atoms with Crippen molar-refractivity contribution in [2.24, 2.45) is 0 Å². The molecule has 0 spiro atoms. The molecule has 0 N–H and O–H groups in total. The molecule has 11 aromatic carbocycles. The number of anilines is 3. The molecule has 292 valence electrons. The van der Waals surface area contributed by atoms with Gasteiger partial charge in [-0.2, -0.15) is 0 Å². The van der Waals surface area contributed by atoms with E-state index in [2.05, 4.69) is 243 Å². The predicted molar refractivity (Wildman–Crippen MR) is 265 cm³/mol. The minimum absolute atomic E-state index is 0.186. The maximum absolute atomic E-state index is 2.60. The minimum atomic E-state index is -0.186. The molecule has 11 aromatic rings. The normalized spacial score (nSPS) is 12.8. The van der Waals surface area contributed by atoms with E-state index >= 15 is 0 Å². The molecule has 0 fully saturated rings. The second-order valence-corrected chi connectivity index (χ2v) is 17.2. The van der Waals surface area contributed by atoms with Gasteiger partial charge in [-0.3, -0.25) is 0 Å². The van der Waals surface area contributed by atoms with Crippen molar-refractivity contribution in [3.63, 3.8) is 0 Å². The van der Waals surface area contributed by atoms with E-state index in [1.54, 1.807) is 0 Å². The highest BCUT2D eigenvalue weighted by Gasteiger charge is 2.36. The summed E-state index contributed by atoms with van der Waals surface area (Å²) in [6, 6.07) is 83.3. The SMILES string of the molecule is CC1(C)c2ccccc2-c2ccc(N(c3cc(-c4ccccc4)cc(-c4ccccc4)c3)c3c(-c4cccc5ccccc45)ccc4c5ccccc5c5ccccc5c34)cc21. The smallest absolute Gasteiger partial charge is 0.0625 e. The van der Waals surface area contributed by atoms with E-state index in [4.69, 9.17) is 0 Å². The largest absolute Gasteiger partial charge is 0.309 e. The summed E-state index contributed by atoms with van der Waals surface area (Å²) in [6.07, 6.45) is 0. The van der Waals surface area contributed by atoms with Gasteiger partial charge in [0, 0.05) is 27.7 Å². The zero-order valence-corrected chi connectivity index (χ0v) is 34.8. The first-order valence-electron chi connectivity index (χ1n) is 21.7. The molecule has 0 radical (unpaired) electrons. The monoisotopic (exact) mass is 789 g/mol. The molecule has 0 saturated heterocycles. The van der Waals surface area contributed by atoms with Crippen LogP contribution in [0.3, 0.4) is 0 Å². The van der Waals surface area contributed by atoms with Gasteiger partial charge < -0.3 is 4.90 Å². The standard InChI is InChI=1S/C61H43N/c1-61(2)57-31-16-15-28-52(57)53-33-32-45(39-58(53)61)62(46-37-43(40-18-5-3-6-19-40)36-44(38-46)41-20-7-4-8-21-41)60-56(48-30-17-23-42-22-9-10-24-47(42)48)35-34-55-51-27-12-11-25-49(51)50-26-13-14-29-54(50)59(55)60/h3-39H,1-2H3. The van der Waals surface area contributed by atoms with Crippen LogP contribution in [0, 0.1) is 0 Å². The van der Waals surface area contributed by atoms with Crippen molar-refractivity contribution in [1.82, 2.24) is 0 Å². The second kappa shape index (κ2) is 14.2. The number of fused-ring (bicyclic) bond motifs is 10. The number of hydrogen-bond acceptors (Lipinski definition) is 1. The Morgan fingerprint density at radius 1 is 0.306 bits per heavy atom. The highest BCUT2D eigenvalue weighted by molar-refractivity contribution is 6.30. The molecule has 0 amide bonds. The van der Waals surface area contributed by atoms with Crippen molar-refractivity contribution >= 4 is 60.2 Å². The van der Waals surface area contributed by atoms with Crippen LogP contribution < -0.4 is 4.90 Å². The second-order valence-electron chi connectivity index (χ2n) is 17.2. The highest BCUT2D eigenvalue weighted by atomic mass is 15.1. The fourth-order valence-corrected chi connectivity index (χ4v) is 10.5. The van der Waals surface area contributed by atoms with E-state index in [9.17, 15) is 0 Å². The number of hydrogen-bond donors (Lipinski definition) is 0. The molecule has 1 heteroatoms. The van der Waals surface area contributed by atoms with Gasteiger partial charge in [0.1, 0.15) is 0 Å². The third-order valence-corrected chi connectivity index (χ3v) is 13.4. The van der Waals surface area contributed by atoms with Crippen LogP contribution in [-0.4, -0.2) is 0 Å². The van der Waals surface area contributed by atoms with Crippen molar-refractivity contribution in [2.45, 2.75) is 19.3 Å². The maximum atomic E-state index is 2.60. The topological polar surface area (TPSA) is 3.24 Å². The fraction of sp³-hybridized carbons (Fsp3) is 0.0492. The molecule has 62 heavy (non-hydrogen) atoms. The Bertz CT molecular complexity index is 3450. The molecule has 0 bridgehead atoms. The molecule has 0 atom stereocenters. The molecular formula is C61H43N. The summed E-state index contributed by atoms with van der Waals surface area (Å²) >= 11 is 0. The van der Waals surface area contributed by atoms with Crippen LogP contribution in [-0.2, 0) is 5.41 Å². The Morgan fingerprint density at radius 2 is 0.806 bits per heavy atom. The van der Waals surface area contributed by atoms with Crippen LogP contribution >= 0.6 is 0 Å². The predicted octanol–water partition coefficient (Wildman–Crippen LogP) is 17.1. The Morgan fingerprint density at radius 3 is 1.50 bits per heavy atom. The quantitative estimate of drug-likeness (QED) is 0.152. The first-order valence-corrected chi connectivity index (χ1v) is 21.7. The van der Waals surface area contributed by atoms with Crippen LogP contribution in [0.1, 0.15) is 25.0 Å². The van der Waals surface area contributed by atoms with Crippen molar-refractivity contribution in [1.29, 1.82) is 0 Å². The average molecular weight is 790 g/mol. The fourth-order valence-electron chi connectivity index (χ4n) is 10.5. The highest BCUT2D eigenvalue weighted by Crippen LogP contribution is 2.54. The van der Waals surface area contributed by atoms with Gasteiger partial charge >= 0.3 is 0 Å². The lowest BCUT2D eigenvalue weighted by atomic mass is 9.82. The first-order chi connectivity index (χ1) is 30.5. The van der Waals surface area contributed by atoms with Crippen molar-refractivity contribution in [3.05, 3.63) is 236 Å². The lowest BCUT2D eigenvalue weighted by molar-refractivity contribution is 0.660. The van der Waals surface area contributed by atoms with Crippen LogP contribution in [0.2, 0.25) is 0 Å². The molecule has 1 aliphatic rings. The van der Waals surface area contributed by atoms with Gasteiger partial charge in [-0.15, -0.1) is 0 Å². The van der Waals surface area contributed by atoms with Crippen molar-refractivity contribution in [2.75, 3.05) is 4.90 Å². The van der Waals surface area contributed by atoms with E-state index in [1.807, 2.05) is 0 Å². The molecule has 0 aromatic heterocycles. The van der Waals surface area contributed by atoms with Crippen LogP contribution in [0.5, 0.6) is 0 Å². The molecular weight excluding hydrogens is 747 g/mol. The van der Waals surface area contributed by atoms with Crippen LogP contribution in [0.25, 0.3) is 87.6 Å². The Kier molecular flexibility index (Phi) is 8.27.